The summed E-state index contributed by atoms with van der Waals surface area (Å²) < 4.78 is 23.6. The van der Waals surface area contributed by atoms with Gasteiger partial charge in [0.25, 0.3) is 5.91 Å². The molecule has 0 radical (unpaired) electrons. The van der Waals surface area contributed by atoms with E-state index < -0.39 is 9.84 Å². The quantitative estimate of drug-likeness (QED) is 0.824. The monoisotopic (exact) mass is 387 g/mol. The molecule has 27 heavy (non-hydrogen) atoms. The third kappa shape index (κ3) is 4.66. The van der Waals surface area contributed by atoms with Gasteiger partial charge in [-0.1, -0.05) is 30.3 Å². The molecule has 144 valence electrons. The molecule has 0 aliphatic carbocycles. The Balaban J connectivity index is 1.75. The highest BCUT2D eigenvalue weighted by Crippen LogP contribution is 2.24. The van der Waals surface area contributed by atoms with Gasteiger partial charge in [0.05, 0.1) is 35.0 Å². The van der Waals surface area contributed by atoms with Crippen LogP contribution in [0.15, 0.2) is 48.8 Å². The van der Waals surface area contributed by atoms with E-state index in [0.29, 0.717) is 18.5 Å². The summed E-state index contributed by atoms with van der Waals surface area (Å²) in [5.74, 6) is 0.175. The van der Waals surface area contributed by atoms with Gasteiger partial charge in [0.2, 0.25) is 0 Å². The molecule has 1 aromatic carbocycles. The summed E-state index contributed by atoms with van der Waals surface area (Å²) in [4.78, 5) is 18.9. The minimum atomic E-state index is -2.97. The van der Waals surface area contributed by atoms with Crippen molar-refractivity contribution in [3.05, 3.63) is 59.9 Å². The Morgan fingerprint density at radius 3 is 2.67 bits per heavy atom. The van der Waals surface area contributed by atoms with Crippen LogP contribution in [0.5, 0.6) is 0 Å². The first kappa shape index (κ1) is 19.4. The van der Waals surface area contributed by atoms with Crippen molar-refractivity contribution in [2.24, 2.45) is 0 Å². The summed E-state index contributed by atoms with van der Waals surface area (Å²) in [6.07, 6.45) is 3.83. The molecule has 1 aliphatic heterocycles. The number of nitrogens with one attached hydrogen (secondary N) is 1. The number of nitrogens with zero attached hydrogens (tertiary/aromatic N) is 2. The molecule has 1 N–H and O–H groups in total. The fraction of sp³-hybridized carbons (Fsp3) is 0.400. The lowest BCUT2D eigenvalue weighted by Crippen LogP contribution is -2.36. The van der Waals surface area contributed by atoms with E-state index >= 15 is 0 Å². The van der Waals surface area contributed by atoms with E-state index in [1.165, 1.54) is 6.20 Å². The summed E-state index contributed by atoms with van der Waals surface area (Å²) in [6, 6.07) is 11.4. The Morgan fingerprint density at radius 1 is 1.30 bits per heavy atom. The van der Waals surface area contributed by atoms with E-state index in [-0.39, 0.29) is 29.5 Å². The van der Waals surface area contributed by atoms with Gasteiger partial charge in [-0.05, 0) is 31.9 Å². The van der Waals surface area contributed by atoms with Gasteiger partial charge in [0, 0.05) is 18.8 Å². The number of amides is 1. The Hall–Kier alpha value is -2.41. The smallest absolute Gasteiger partial charge is 0.253 e. The highest BCUT2D eigenvalue weighted by Gasteiger charge is 2.32. The molecule has 2 atom stereocenters. The molecule has 1 amide bonds. The molecule has 0 bridgehead atoms. The molecule has 2 unspecified atom stereocenters. The maximum Gasteiger partial charge on any atom is 0.253 e. The lowest BCUT2D eigenvalue weighted by atomic mass is 10.1. The van der Waals surface area contributed by atoms with Crippen molar-refractivity contribution >= 4 is 21.4 Å². The van der Waals surface area contributed by atoms with Crippen molar-refractivity contribution in [3.63, 3.8) is 0 Å². The maximum absolute atomic E-state index is 12.7. The molecule has 1 aliphatic rings. The zero-order chi connectivity index (χ0) is 19.4. The van der Waals surface area contributed by atoms with Crippen LogP contribution in [0.25, 0.3) is 0 Å². The first-order valence-corrected chi connectivity index (χ1v) is 11.0. The molecule has 1 fully saturated rings. The molecule has 2 heterocycles. The second-order valence-electron chi connectivity index (χ2n) is 6.88. The van der Waals surface area contributed by atoms with Gasteiger partial charge in [-0.2, -0.15) is 0 Å². The fourth-order valence-corrected chi connectivity index (χ4v) is 5.22. The number of hydrogen-bond donors (Lipinski definition) is 1. The first-order chi connectivity index (χ1) is 12.9. The minimum absolute atomic E-state index is 0.0663. The number of anilines is 1. The number of benzene rings is 1. The largest absolute Gasteiger partial charge is 0.367 e. The van der Waals surface area contributed by atoms with Crippen LogP contribution >= 0.6 is 0 Å². The highest BCUT2D eigenvalue weighted by molar-refractivity contribution is 7.91. The number of sulfone groups is 1. The van der Waals surface area contributed by atoms with Crippen molar-refractivity contribution in [2.75, 3.05) is 23.0 Å². The van der Waals surface area contributed by atoms with Gasteiger partial charge >= 0.3 is 0 Å². The summed E-state index contributed by atoms with van der Waals surface area (Å²) in [7, 11) is -2.97. The zero-order valence-electron chi connectivity index (χ0n) is 15.6. The topological polar surface area (TPSA) is 79.4 Å². The molecular weight excluding hydrogens is 362 g/mol. The highest BCUT2D eigenvalue weighted by atomic mass is 32.2. The normalized spacial score (nSPS) is 19.4. The Bertz CT molecular complexity index is 900. The van der Waals surface area contributed by atoms with Gasteiger partial charge in [0.15, 0.2) is 9.84 Å². The Morgan fingerprint density at radius 2 is 2.04 bits per heavy atom. The van der Waals surface area contributed by atoms with E-state index in [1.807, 2.05) is 49.1 Å². The number of carbonyl (C=O) groups excluding carboxylic acids is 1. The second-order valence-corrected chi connectivity index (χ2v) is 9.11. The van der Waals surface area contributed by atoms with Gasteiger partial charge in [-0.3, -0.25) is 9.78 Å². The van der Waals surface area contributed by atoms with Crippen LogP contribution in [0, 0.1) is 0 Å². The van der Waals surface area contributed by atoms with Gasteiger partial charge in [-0.25, -0.2) is 8.42 Å². The van der Waals surface area contributed by atoms with E-state index in [1.54, 1.807) is 12.3 Å². The molecule has 1 aromatic heterocycles. The van der Waals surface area contributed by atoms with E-state index in [2.05, 4.69) is 10.3 Å². The average molecular weight is 388 g/mol. The summed E-state index contributed by atoms with van der Waals surface area (Å²) in [6.45, 7) is 4.58. The molecule has 3 rings (SSSR count). The number of aromatic nitrogens is 1. The van der Waals surface area contributed by atoms with Crippen LogP contribution in [0.4, 0.5) is 5.69 Å². The van der Waals surface area contributed by atoms with Crippen molar-refractivity contribution in [1.29, 1.82) is 0 Å². The number of hydrogen-bond acceptors (Lipinski definition) is 5. The summed E-state index contributed by atoms with van der Waals surface area (Å²) in [5, 5.41) is 2.99. The van der Waals surface area contributed by atoms with Crippen LogP contribution in [-0.2, 0) is 9.84 Å². The lowest BCUT2D eigenvalue weighted by Gasteiger charge is -2.29. The SMILES string of the molecule is CCN(c1cncc(C(=O)NC(C)c2ccccc2)c1)C1CCS(=O)(=O)C1. The number of pyridine rings is 1. The third-order valence-electron chi connectivity index (χ3n) is 4.95. The molecule has 7 heteroatoms. The van der Waals surface area contributed by atoms with Crippen molar-refractivity contribution in [2.45, 2.75) is 32.4 Å². The maximum atomic E-state index is 12.7. The van der Waals surface area contributed by atoms with Crippen LogP contribution < -0.4 is 10.2 Å². The van der Waals surface area contributed by atoms with Crippen molar-refractivity contribution in [3.8, 4) is 0 Å². The van der Waals surface area contributed by atoms with Crippen LogP contribution in [0.2, 0.25) is 0 Å². The first-order valence-electron chi connectivity index (χ1n) is 9.17. The van der Waals surface area contributed by atoms with Gasteiger partial charge in [0.1, 0.15) is 0 Å². The Kier molecular flexibility index (Phi) is 5.79. The fourth-order valence-electron chi connectivity index (χ4n) is 3.49. The van der Waals surface area contributed by atoms with Crippen LogP contribution in [0.3, 0.4) is 0 Å². The van der Waals surface area contributed by atoms with Crippen molar-refractivity contribution < 1.29 is 13.2 Å². The predicted molar refractivity (Wildman–Crippen MR) is 107 cm³/mol. The molecule has 2 aromatic rings. The summed E-state index contributed by atoms with van der Waals surface area (Å²) in [5.41, 5.74) is 2.27. The van der Waals surface area contributed by atoms with Crippen molar-refractivity contribution in [1.82, 2.24) is 10.3 Å². The van der Waals surface area contributed by atoms with E-state index in [0.717, 1.165) is 11.3 Å². The second kappa shape index (κ2) is 8.08. The van der Waals surface area contributed by atoms with E-state index in [4.69, 9.17) is 0 Å². The zero-order valence-corrected chi connectivity index (χ0v) is 16.4. The molecule has 0 saturated carbocycles. The number of rotatable bonds is 6. The van der Waals surface area contributed by atoms with Gasteiger partial charge < -0.3 is 10.2 Å². The lowest BCUT2D eigenvalue weighted by molar-refractivity contribution is 0.0939. The van der Waals surface area contributed by atoms with Crippen LogP contribution in [0.1, 0.15) is 42.2 Å². The molecule has 1 saturated heterocycles. The minimum Gasteiger partial charge on any atom is -0.367 e. The standard InChI is InChI=1S/C20H25N3O3S/c1-3-23(18-9-10-27(25,26)14-18)19-11-17(12-21-13-19)20(24)22-15(2)16-7-5-4-6-8-16/h4-8,11-13,15,18H,3,9-10,14H2,1-2H3,(H,22,24). The van der Waals surface area contributed by atoms with E-state index in [9.17, 15) is 13.2 Å². The van der Waals surface area contributed by atoms with Gasteiger partial charge in [-0.15, -0.1) is 0 Å². The Labute approximate surface area is 160 Å². The number of carbonyl (C=O) groups is 1. The molecule has 6 nitrogen and oxygen atoms in total. The predicted octanol–water partition coefficient (Wildman–Crippen LogP) is 2.59. The van der Waals surface area contributed by atoms with Crippen LogP contribution in [-0.4, -0.2) is 43.4 Å². The summed E-state index contributed by atoms with van der Waals surface area (Å²) >= 11 is 0. The molecular formula is C20H25N3O3S. The third-order valence-corrected chi connectivity index (χ3v) is 6.71. The average Bonchev–Trinajstić information content (AvgIpc) is 3.02. The molecule has 0 spiro atoms.